The predicted molar refractivity (Wildman–Crippen MR) is 188 cm³/mol. The molecule has 16 heteroatoms. The predicted octanol–water partition coefficient (Wildman–Crippen LogP) is 9.19. The molecule has 0 amide bonds. The number of ether oxygens (including phenoxy) is 1. The fraction of sp³-hybridized carbons (Fsp3) is 0.118. The maximum absolute atomic E-state index is 14.1. The maximum Gasteiger partial charge on any atom is 0.247 e. The van der Waals surface area contributed by atoms with Gasteiger partial charge in [-0.15, -0.1) is 0 Å². The molecule has 0 aliphatic heterocycles. The van der Waals surface area contributed by atoms with E-state index in [1.165, 1.54) is 60.7 Å². The molecule has 5 rings (SSSR count). The minimum atomic E-state index is -4.57. The molecule has 50 heavy (non-hydrogen) atoms. The Morgan fingerprint density at radius 2 is 1.10 bits per heavy atom. The third-order valence-electron chi connectivity index (χ3n) is 7.31. The number of nitrogens with zero attached hydrogens (tertiary/aromatic N) is 1. The lowest BCUT2D eigenvalue weighted by molar-refractivity contribution is 0.393. The minimum absolute atomic E-state index is 0.00200. The first kappa shape index (κ1) is 37.6. The van der Waals surface area contributed by atoms with Crippen molar-refractivity contribution in [1.82, 2.24) is 4.31 Å². The number of aryl methyl sites for hydroxylation is 1. The molecule has 5 aromatic rings. The largest absolute Gasteiger partial charge is 0.505 e. The van der Waals surface area contributed by atoms with E-state index in [2.05, 4.69) is 0 Å². The van der Waals surface area contributed by atoms with E-state index >= 15 is 0 Å². The Morgan fingerprint density at radius 1 is 0.600 bits per heavy atom. The number of phenols is 2. The van der Waals surface area contributed by atoms with Gasteiger partial charge in [-0.1, -0.05) is 64.6 Å². The van der Waals surface area contributed by atoms with E-state index in [1.54, 1.807) is 6.07 Å². The number of benzene rings is 5. The van der Waals surface area contributed by atoms with Crippen molar-refractivity contribution in [3.05, 3.63) is 139 Å². The van der Waals surface area contributed by atoms with Crippen LogP contribution in [0.2, 0.25) is 20.1 Å². The quantitative estimate of drug-likeness (QED) is 0.129. The SMILES string of the molecule is O=S(=O)(CCc1cc(CN(Cc2ccc(F)cc2)S(=O)(=O)c2cc(Cl)cc(Cl)c2O)cc(Oc2ccc(F)cc2)c1)c1cc(Cl)cc(Cl)c1O. The summed E-state index contributed by atoms with van der Waals surface area (Å²) in [4.78, 5) is -1.05. The Morgan fingerprint density at radius 3 is 1.70 bits per heavy atom. The molecule has 0 saturated carbocycles. The van der Waals surface area contributed by atoms with Gasteiger partial charge in [-0.25, -0.2) is 25.6 Å². The summed E-state index contributed by atoms with van der Waals surface area (Å²) < 4.78 is 89.1. The van der Waals surface area contributed by atoms with Crippen molar-refractivity contribution in [2.24, 2.45) is 0 Å². The van der Waals surface area contributed by atoms with Crippen LogP contribution in [0, 0.1) is 11.6 Å². The molecule has 262 valence electrons. The summed E-state index contributed by atoms with van der Waals surface area (Å²) in [7, 11) is -8.72. The smallest absolute Gasteiger partial charge is 0.247 e. The van der Waals surface area contributed by atoms with Gasteiger partial charge < -0.3 is 14.9 Å². The van der Waals surface area contributed by atoms with Gasteiger partial charge in [-0.05, 0) is 95.9 Å². The van der Waals surface area contributed by atoms with Crippen LogP contribution in [-0.4, -0.2) is 37.1 Å². The van der Waals surface area contributed by atoms with E-state index in [4.69, 9.17) is 51.1 Å². The zero-order valence-electron chi connectivity index (χ0n) is 25.5. The van der Waals surface area contributed by atoms with Gasteiger partial charge in [0.2, 0.25) is 10.0 Å². The number of sulfone groups is 1. The molecule has 5 aromatic carbocycles. The summed E-state index contributed by atoms with van der Waals surface area (Å²) in [6.07, 6.45) is -0.144. The zero-order valence-corrected chi connectivity index (χ0v) is 30.1. The van der Waals surface area contributed by atoms with Crippen molar-refractivity contribution in [1.29, 1.82) is 0 Å². The van der Waals surface area contributed by atoms with Crippen LogP contribution in [-0.2, 0) is 39.4 Å². The molecular weight excluding hydrogens is 778 g/mol. The topological polar surface area (TPSA) is 121 Å². The lowest BCUT2D eigenvalue weighted by atomic mass is 10.1. The average Bonchev–Trinajstić information content (AvgIpc) is 3.05. The van der Waals surface area contributed by atoms with Gasteiger partial charge in [0.05, 0.1) is 15.8 Å². The van der Waals surface area contributed by atoms with Crippen LogP contribution in [0.25, 0.3) is 0 Å². The molecule has 2 N–H and O–H groups in total. The summed E-state index contributed by atoms with van der Waals surface area (Å²) in [5.41, 5.74) is 1.08. The van der Waals surface area contributed by atoms with E-state index in [1.807, 2.05) is 0 Å². The highest BCUT2D eigenvalue weighted by molar-refractivity contribution is 7.91. The van der Waals surface area contributed by atoms with Crippen molar-refractivity contribution in [3.63, 3.8) is 0 Å². The Labute approximate surface area is 307 Å². The fourth-order valence-electron chi connectivity index (χ4n) is 4.90. The Bertz CT molecular complexity index is 2280. The zero-order chi connectivity index (χ0) is 36.4. The lowest BCUT2D eigenvalue weighted by Crippen LogP contribution is -2.30. The van der Waals surface area contributed by atoms with Gasteiger partial charge in [0.15, 0.2) is 21.3 Å². The minimum Gasteiger partial charge on any atom is -0.505 e. The molecule has 0 spiro atoms. The van der Waals surface area contributed by atoms with E-state index in [-0.39, 0.29) is 51.1 Å². The van der Waals surface area contributed by atoms with Crippen LogP contribution in [0.15, 0.2) is 101 Å². The normalized spacial score (nSPS) is 12.0. The van der Waals surface area contributed by atoms with Crippen LogP contribution in [0.5, 0.6) is 23.0 Å². The van der Waals surface area contributed by atoms with Gasteiger partial charge in [-0.3, -0.25) is 0 Å². The van der Waals surface area contributed by atoms with Crippen LogP contribution in [0.4, 0.5) is 8.78 Å². The number of aromatic hydroxyl groups is 2. The Kier molecular flexibility index (Phi) is 11.5. The van der Waals surface area contributed by atoms with Crippen molar-refractivity contribution in [3.8, 4) is 23.0 Å². The van der Waals surface area contributed by atoms with Crippen molar-refractivity contribution >= 4 is 66.3 Å². The monoisotopic (exact) mass is 801 g/mol. The second-order valence-corrected chi connectivity index (χ2v) is 16.6. The van der Waals surface area contributed by atoms with Crippen molar-refractivity contribution < 1.29 is 40.6 Å². The Hall–Kier alpha value is -3.62. The highest BCUT2D eigenvalue weighted by Crippen LogP contribution is 2.38. The Balaban J connectivity index is 1.56. The van der Waals surface area contributed by atoms with Crippen LogP contribution < -0.4 is 4.74 Å². The van der Waals surface area contributed by atoms with E-state index in [0.29, 0.717) is 16.7 Å². The summed E-state index contributed by atoms with van der Waals surface area (Å²) in [5, 5.41) is 20.4. The van der Waals surface area contributed by atoms with Crippen LogP contribution in [0.3, 0.4) is 0 Å². The molecular formula is C34H25Cl4F2NO7S2. The molecule has 0 unspecified atom stereocenters. The summed E-state index contributed by atoms with van der Waals surface area (Å²) in [5.74, 6) is -2.57. The van der Waals surface area contributed by atoms with Gasteiger partial charge in [0.1, 0.15) is 32.9 Å². The third kappa shape index (κ3) is 8.99. The average molecular weight is 804 g/mol. The molecule has 0 heterocycles. The van der Waals surface area contributed by atoms with E-state index < -0.39 is 58.5 Å². The third-order valence-corrected chi connectivity index (χ3v) is 11.8. The van der Waals surface area contributed by atoms with Gasteiger partial charge >= 0.3 is 0 Å². The molecule has 0 aromatic heterocycles. The number of sulfonamides is 1. The number of phenolic OH excluding ortho intramolecular Hbond substituents is 2. The van der Waals surface area contributed by atoms with Crippen molar-refractivity contribution in [2.45, 2.75) is 29.3 Å². The second-order valence-electron chi connectivity index (χ2n) is 11.0. The van der Waals surface area contributed by atoms with Gasteiger partial charge in [-0.2, -0.15) is 4.31 Å². The van der Waals surface area contributed by atoms with E-state index in [9.17, 15) is 35.8 Å². The molecule has 0 fully saturated rings. The van der Waals surface area contributed by atoms with Crippen LogP contribution >= 0.6 is 46.4 Å². The number of hydrogen-bond donors (Lipinski definition) is 2. The molecule has 0 bridgehead atoms. The lowest BCUT2D eigenvalue weighted by Gasteiger charge is -2.24. The second kappa shape index (κ2) is 15.3. The number of rotatable bonds is 12. The molecule has 0 atom stereocenters. The molecule has 0 aliphatic rings. The summed E-state index contributed by atoms with van der Waals surface area (Å²) in [6.45, 7) is -0.665. The number of halogens is 6. The van der Waals surface area contributed by atoms with E-state index in [0.717, 1.165) is 28.6 Å². The van der Waals surface area contributed by atoms with Gasteiger partial charge in [0.25, 0.3) is 0 Å². The number of hydrogen-bond acceptors (Lipinski definition) is 7. The maximum atomic E-state index is 14.1. The summed E-state index contributed by atoms with van der Waals surface area (Å²) >= 11 is 24.1. The fourth-order valence-corrected chi connectivity index (χ4v) is 9.11. The highest BCUT2D eigenvalue weighted by atomic mass is 35.5. The van der Waals surface area contributed by atoms with Crippen molar-refractivity contribution in [2.75, 3.05) is 5.75 Å². The summed E-state index contributed by atoms with van der Waals surface area (Å²) in [6, 6.07) is 19.3. The van der Waals surface area contributed by atoms with Gasteiger partial charge in [0, 0.05) is 23.1 Å². The first-order valence-electron chi connectivity index (χ1n) is 14.4. The molecule has 0 aliphatic carbocycles. The molecule has 8 nitrogen and oxygen atoms in total. The highest BCUT2D eigenvalue weighted by Gasteiger charge is 2.30. The standard InChI is InChI=1S/C34H25Cl4F2NO7S2/c35-23-14-29(37)33(42)31(16-23)49(44,45)10-9-21-11-22(13-28(12-21)48-27-7-5-26(40)6-8-27)19-41(18-20-1-3-25(39)4-2-20)50(46,47)32-17-24(36)15-30(38)34(32)43/h1-8,11-17,42-43H,9-10,18-19H2. The first-order valence-corrected chi connectivity index (χ1v) is 19.0. The molecule has 0 radical (unpaired) electrons. The van der Waals surface area contributed by atoms with Crippen LogP contribution in [0.1, 0.15) is 16.7 Å². The molecule has 0 saturated heterocycles. The first-order chi connectivity index (χ1) is 23.5.